The molecule has 1 aromatic heterocycles. The van der Waals surface area contributed by atoms with Crippen molar-refractivity contribution < 1.29 is 8.78 Å². The summed E-state index contributed by atoms with van der Waals surface area (Å²) in [6.45, 7) is 0. The van der Waals surface area contributed by atoms with Crippen molar-refractivity contribution in [3.05, 3.63) is 48.0 Å². The summed E-state index contributed by atoms with van der Waals surface area (Å²) in [5, 5.41) is 0. The molecule has 2 aromatic carbocycles. The third kappa shape index (κ3) is 1.84. The first-order chi connectivity index (χ1) is 9.63. The number of halogens is 2. The van der Waals surface area contributed by atoms with E-state index in [-0.39, 0.29) is 11.5 Å². The van der Waals surface area contributed by atoms with Gasteiger partial charge in [-0.15, -0.1) is 11.8 Å². The number of nitrogen functional groups attached to an aromatic ring is 1. The van der Waals surface area contributed by atoms with Crippen LogP contribution in [-0.4, -0.2) is 15.8 Å². The molecule has 102 valence electrons. The third-order valence-electron chi connectivity index (χ3n) is 3.06. The Morgan fingerprint density at radius 1 is 1.15 bits per heavy atom. The van der Waals surface area contributed by atoms with E-state index in [0.29, 0.717) is 11.2 Å². The Balaban J connectivity index is 2.42. The summed E-state index contributed by atoms with van der Waals surface area (Å²) in [4.78, 5) is 5.00. The van der Waals surface area contributed by atoms with Gasteiger partial charge >= 0.3 is 0 Å². The van der Waals surface area contributed by atoms with E-state index in [1.54, 1.807) is 6.07 Å². The Labute approximate surface area is 118 Å². The zero-order valence-corrected chi connectivity index (χ0v) is 11.4. The van der Waals surface area contributed by atoms with E-state index in [9.17, 15) is 8.78 Å². The predicted molar refractivity (Wildman–Crippen MR) is 77.2 cm³/mol. The van der Waals surface area contributed by atoms with Crippen LogP contribution >= 0.6 is 11.8 Å². The number of anilines is 1. The number of thioether (sulfide) groups is 1. The number of hydrogen-bond donors (Lipinski definition) is 1. The average molecular weight is 291 g/mol. The molecule has 0 aliphatic rings. The lowest BCUT2D eigenvalue weighted by molar-refractivity contribution is 0.514. The Hall–Kier alpha value is -2.08. The van der Waals surface area contributed by atoms with Crippen LogP contribution in [0.15, 0.2) is 41.3 Å². The van der Waals surface area contributed by atoms with Crippen LogP contribution in [0.4, 0.5) is 14.7 Å². The monoisotopic (exact) mass is 291 g/mol. The van der Waals surface area contributed by atoms with Crippen LogP contribution in [-0.2, 0) is 0 Å². The summed E-state index contributed by atoms with van der Waals surface area (Å²) in [6.07, 6.45) is 1.91. The average Bonchev–Trinajstić information content (AvgIpc) is 2.80. The molecule has 0 aliphatic carbocycles. The van der Waals surface area contributed by atoms with Gasteiger partial charge in [0.1, 0.15) is 5.52 Å². The molecule has 0 amide bonds. The van der Waals surface area contributed by atoms with E-state index < -0.39 is 11.6 Å². The van der Waals surface area contributed by atoms with E-state index in [2.05, 4.69) is 4.98 Å². The molecular formula is C14H11F2N3S. The number of nitrogens with two attached hydrogens (primary N) is 1. The lowest BCUT2D eigenvalue weighted by Gasteiger charge is -2.11. The molecule has 0 saturated heterocycles. The summed E-state index contributed by atoms with van der Waals surface area (Å²) < 4.78 is 29.0. The number of imidazole rings is 1. The fourth-order valence-corrected chi connectivity index (χ4v) is 2.76. The van der Waals surface area contributed by atoms with Gasteiger partial charge in [0.15, 0.2) is 11.6 Å². The Morgan fingerprint density at radius 2 is 1.90 bits per heavy atom. The summed E-state index contributed by atoms with van der Waals surface area (Å²) in [7, 11) is 0. The number of aromatic nitrogens is 2. The fourth-order valence-electron chi connectivity index (χ4n) is 2.18. The Kier molecular flexibility index (Phi) is 3.10. The first-order valence-electron chi connectivity index (χ1n) is 5.89. The van der Waals surface area contributed by atoms with E-state index in [1.165, 1.54) is 22.4 Å². The van der Waals surface area contributed by atoms with Gasteiger partial charge in [0.05, 0.1) is 11.2 Å². The van der Waals surface area contributed by atoms with Gasteiger partial charge in [0.2, 0.25) is 5.95 Å². The van der Waals surface area contributed by atoms with Crippen LogP contribution in [0.5, 0.6) is 0 Å². The third-order valence-corrected chi connectivity index (χ3v) is 3.85. The number of hydrogen-bond acceptors (Lipinski definition) is 3. The second-order valence-electron chi connectivity index (χ2n) is 4.21. The SMILES string of the molecule is CSc1ccccc1-n1c(N)nc2ccc(F)c(F)c21. The highest BCUT2D eigenvalue weighted by Gasteiger charge is 2.18. The Bertz CT molecular complexity index is 798. The van der Waals surface area contributed by atoms with Gasteiger partial charge in [-0.2, -0.15) is 0 Å². The molecule has 3 aromatic rings. The van der Waals surface area contributed by atoms with E-state index in [1.807, 2.05) is 24.5 Å². The first kappa shape index (κ1) is 12.9. The van der Waals surface area contributed by atoms with Crippen LogP contribution in [0.2, 0.25) is 0 Å². The molecule has 0 fully saturated rings. The molecule has 0 unspecified atom stereocenters. The molecule has 0 aliphatic heterocycles. The quantitative estimate of drug-likeness (QED) is 0.734. The maximum Gasteiger partial charge on any atom is 0.206 e. The van der Waals surface area contributed by atoms with Crippen LogP contribution in [0.3, 0.4) is 0 Å². The molecular weight excluding hydrogens is 280 g/mol. The van der Waals surface area contributed by atoms with E-state index >= 15 is 0 Å². The topological polar surface area (TPSA) is 43.8 Å². The van der Waals surface area contributed by atoms with Crippen LogP contribution in [0, 0.1) is 11.6 Å². The molecule has 6 heteroatoms. The van der Waals surface area contributed by atoms with Crippen LogP contribution < -0.4 is 5.73 Å². The molecule has 3 nitrogen and oxygen atoms in total. The van der Waals surface area contributed by atoms with Gasteiger partial charge < -0.3 is 5.73 Å². The maximum absolute atomic E-state index is 14.1. The molecule has 20 heavy (non-hydrogen) atoms. The molecule has 0 bridgehead atoms. The minimum absolute atomic E-state index is 0.0593. The standard InChI is InChI=1S/C14H11F2N3S/c1-20-11-5-3-2-4-10(11)19-13-9(18-14(19)17)7-6-8(15)12(13)16/h2-7H,1H3,(H2,17,18). The van der Waals surface area contributed by atoms with Crippen molar-refractivity contribution in [1.29, 1.82) is 0 Å². The lowest BCUT2D eigenvalue weighted by atomic mass is 10.2. The van der Waals surface area contributed by atoms with Crippen molar-refractivity contribution in [2.45, 2.75) is 4.90 Å². The maximum atomic E-state index is 14.1. The van der Waals surface area contributed by atoms with Gasteiger partial charge in [0, 0.05) is 4.90 Å². The zero-order chi connectivity index (χ0) is 14.3. The zero-order valence-electron chi connectivity index (χ0n) is 10.6. The lowest BCUT2D eigenvalue weighted by Crippen LogP contribution is -2.03. The smallest absolute Gasteiger partial charge is 0.206 e. The first-order valence-corrected chi connectivity index (χ1v) is 7.11. The highest BCUT2D eigenvalue weighted by Crippen LogP contribution is 2.31. The summed E-state index contributed by atoms with van der Waals surface area (Å²) in [5.74, 6) is -1.73. The van der Waals surface area contributed by atoms with Crippen molar-refractivity contribution >= 4 is 28.7 Å². The summed E-state index contributed by atoms with van der Waals surface area (Å²) in [5.41, 5.74) is 6.96. The normalized spacial score (nSPS) is 11.2. The largest absolute Gasteiger partial charge is 0.369 e. The number of benzene rings is 2. The van der Waals surface area contributed by atoms with Crippen molar-refractivity contribution in [3.8, 4) is 5.69 Å². The second kappa shape index (κ2) is 4.79. The van der Waals surface area contributed by atoms with Crippen molar-refractivity contribution in [3.63, 3.8) is 0 Å². The van der Waals surface area contributed by atoms with E-state index in [0.717, 1.165) is 11.0 Å². The number of para-hydroxylation sites is 1. The van der Waals surface area contributed by atoms with Crippen molar-refractivity contribution in [2.24, 2.45) is 0 Å². The fraction of sp³-hybridized carbons (Fsp3) is 0.0714. The minimum Gasteiger partial charge on any atom is -0.369 e. The summed E-state index contributed by atoms with van der Waals surface area (Å²) in [6, 6.07) is 9.85. The molecule has 3 rings (SSSR count). The van der Waals surface area contributed by atoms with Gasteiger partial charge in [0.25, 0.3) is 0 Å². The highest BCUT2D eigenvalue weighted by molar-refractivity contribution is 7.98. The van der Waals surface area contributed by atoms with Gasteiger partial charge in [-0.05, 0) is 30.5 Å². The molecule has 2 N–H and O–H groups in total. The highest BCUT2D eigenvalue weighted by atomic mass is 32.2. The van der Waals surface area contributed by atoms with Crippen LogP contribution in [0.1, 0.15) is 0 Å². The molecule has 0 radical (unpaired) electrons. The van der Waals surface area contributed by atoms with Crippen LogP contribution in [0.25, 0.3) is 16.7 Å². The molecule has 1 heterocycles. The summed E-state index contributed by atoms with van der Waals surface area (Å²) >= 11 is 1.50. The van der Waals surface area contributed by atoms with Crippen molar-refractivity contribution in [2.75, 3.05) is 12.0 Å². The number of rotatable bonds is 2. The predicted octanol–water partition coefficient (Wildman–Crippen LogP) is 3.61. The number of nitrogens with zero attached hydrogens (tertiary/aromatic N) is 2. The molecule has 0 atom stereocenters. The van der Waals surface area contributed by atoms with Crippen molar-refractivity contribution in [1.82, 2.24) is 9.55 Å². The van der Waals surface area contributed by atoms with Gasteiger partial charge in [-0.3, -0.25) is 4.57 Å². The number of fused-ring (bicyclic) bond motifs is 1. The van der Waals surface area contributed by atoms with E-state index in [4.69, 9.17) is 5.73 Å². The van der Waals surface area contributed by atoms with Gasteiger partial charge in [-0.25, -0.2) is 13.8 Å². The molecule has 0 spiro atoms. The minimum atomic E-state index is -0.942. The Morgan fingerprint density at radius 3 is 2.65 bits per heavy atom. The molecule has 0 saturated carbocycles. The second-order valence-corrected chi connectivity index (χ2v) is 5.05. The van der Waals surface area contributed by atoms with Gasteiger partial charge in [-0.1, -0.05) is 12.1 Å².